The number of rotatable bonds is 5. The maximum atomic E-state index is 12.6. The number of ether oxygens (including phenoxy) is 1. The van der Waals surface area contributed by atoms with Gasteiger partial charge in [-0.2, -0.15) is 0 Å². The van der Waals surface area contributed by atoms with Gasteiger partial charge in [0.2, 0.25) is 5.91 Å². The standard InChI is InChI=1S/C17H23N3O4/c1-24-9-7-18-17(21)14-11-12-10-13(20(22)23)5-6-15(12)19-8-3-2-4-16(14)19/h5-6,10,14,16H,2-4,7-9,11H2,1H3,(H,18,21)/t14-,16+/m0/s1. The van der Waals surface area contributed by atoms with E-state index in [1.54, 1.807) is 19.2 Å². The summed E-state index contributed by atoms with van der Waals surface area (Å²) in [5.74, 6) is -0.155. The minimum Gasteiger partial charge on any atom is -0.383 e. The minimum absolute atomic E-state index is 0.0149. The lowest BCUT2D eigenvalue weighted by molar-refractivity contribution is -0.384. The summed E-state index contributed by atoms with van der Waals surface area (Å²) in [6, 6.07) is 5.19. The van der Waals surface area contributed by atoms with Crippen molar-refractivity contribution in [3.8, 4) is 0 Å². The number of hydrogen-bond acceptors (Lipinski definition) is 5. The van der Waals surface area contributed by atoms with Gasteiger partial charge in [0, 0.05) is 44.1 Å². The Bertz CT molecular complexity index is 634. The molecular weight excluding hydrogens is 310 g/mol. The van der Waals surface area contributed by atoms with Crippen molar-refractivity contribution in [3.05, 3.63) is 33.9 Å². The fraction of sp³-hybridized carbons (Fsp3) is 0.588. The Balaban J connectivity index is 1.87. The molecule has 2 aliphatic rings. The van der Waals surface area contributed by atoms with Crippen LogP contribution in [0.5, 0.6) is 0 Å². The summed E-state index contributed by atoms with van der Waals surface area (Å²) in [6.07, 6.45) is 3.74. The lowest BCUT2D eigenvalue weighted by Crippen LogP contribution is -2.53. The summed E-state index contributed by atoms with van der Waals surface area (Å²) in [4.78, 5) is 25.6. The molecule has 7 heteroatoms. The largest absolute Gasteiger partial charge is 0.383 e. The van der Waals surface area contributed by atoms with E-state index in [4.69, 9.17) is 4.74 Å². The summed E-state index contributed by atoms with van der Waals surface area (Å²) in [6.45, 7) is 1.87. The number of amides is 1. The molecule has 0 unspecified atom stereocenters. The highest BCUT2D eigenvalue weighted by molar-refractivity contribution is 5.82. The number of nitrogens with one attached hydrogen (secondary N) is 1. The molecule has 0 radical (unpaired) electrons. The van der Waals surface area contributed by atoms with Gasteiger partial charge in [-0.25, -0.2) is 0 Å². The molecule has 0 bridgehead atoms. The zero-order valence-corrected chi connectivity index (χ0v) is 13.9. The molecule has 0 aromatic heterocycles. The highest BCUT2D eigenvalue weighted by Crippen LogP contribution is 2.39. The summed E-state index contributed by atoms with van der Waals surface area (Å²) in [5.41, 5.74) is 2.03. The van der Waals surface area contributed by atoms with Crippen LogP contribution in [0.25, 0.3) is 0 Å². The number of benzene rings is 1. The molecule has 2 atom stereocenters. The van der Waals surface area contributed by atoms with E-state index in [0.29, 0.717) is 19.6 Å². The first-order valence-electron chi connectivity index (χ1n) is 8.42. The molecule has 1 fully saturated rings. The van der Waals surface area contributed by atoms with Crippen LogP contribution < -0.4 is 10.2 Å². The summed E-state index contributed by atoms with van der Waals surface area (Å²) >= 11 is 0. The fourth-order valence-corrected chi connectivity index (χ4v) is 3.85. The van der Waals surface area contributed by atoms with Crippen molar-refractivity contribution in [2.45, 2.75) is 31.7 Å². The lowest BCUT2D eigenvalue weighted by atomic mass is 9.80. The van der Waals surface area contributed by atoms with Gasteiger partial charge >= 0.3 is 0 Å². The molecule has 1 saturated heterocycles. The molecule has 130 valence electrons. The van der Waals surface area contributed by atoms with Gasteiger partial charge in [0.05, 0.1) is 17.4 Å². The van der Waals surface area contributed by atoms with Crippen LogP contribution in [0, 0.1) is 16.0 Å². The predicted octanol–water partition coefficient (Wildman–Crippen LogP) is 1.89. The molecule has 1 aromatic rings. The molecular formula is C17H23N3O4. The second-order valence-corrected chi connectivity index (χ2v) is 6.42. The monoisotopic (exact) mass is 333 g/mol. The Labute approximate surface area is 141 Å². The van der Waals surface area contributed by atoms with Crippen LogP contribution in [0.3, 0.4) is 0 Å². The highest BCUT2D eigenvalue weighted by atomic mass is 16.6. The first-order chi connectivity index (χ1) is 11.6. The second-order valence-electron chi connectivity index (χ2n) is 6.42. The predicted molar refractivity (Wildman–Crippen MR) is 90.2 cm³/mol. The number of hydrogen-bond donors (Lipinski definition) is 1. The van der Waals surface area contributed by atoms with E-state index in [0.717, 1.165) is 37.1 Å². The topological polar surface area (TPSA) is 84.7 Å². The number of carbonyl (C=O) groups excluding carboxylic acids is 1. The van der Waals surface area contributed by atoms with Gasteiger partial charge in [-0.1, -0.05) is 0 Å². The van der Waals surface area contributed by atoms with Gasteiger partial charge in [0.15, 0.2) is 0 Å². The number of carbonyl (C=O) groups is 1. The molecule has 2 heterocycles. The van der Waals surface area contributed by atoms with Gasteiger partial charge in [-0.3, -0.25) is 14.9 Å². The van der Waals surface area contributed by atoms with Gasteiger partial charge in [0.25, 0.3) is 5.69 Å². The summed E-state index contributed by atoms with van der Waals surface area (Å²) in [7, 11) is 1.60. The second kappa shape index (κ2) is 7.17. The van der Waals surface area contributed by atoms with Crippen LogP contribution in [0.2, 0.25) is 0 Å². The third kappa shape index (κ3) is 3.21. The number of anilines is 1. The number of nitro benzene ring substituents is 1. The zero-order chi connectivity index (χ0) is 17.1. The molecule has 1 amide bonds. The Kier molecular flexibility index (Phi) is 4.99. The normalized spacial score (nSPS) is 22.5. The van der Waals surface area contributed by atoms with Crippen LogP contribution in [0.15, 0.2) is 18.2 Å². The summed E-state index contributed by atoms with van der Waals surface area (Å²) in [5, 5.41) is 14.0. The highest BCUT2D eigenvalue weighted by Gasteiger charge is 2.39. The molecule has 3 rings (SSSR count). The summed E-state index contributed by atoms with van der Waals surface area (Å²) < 4.78 is 4.98. The smallest absolute Gasteiger partial charge is 0.269 e. The third-order valence-electron chi connectivity index (χ3n) is 4.98. The van der Waals surface area contributed by atoms with E-state index < -0.39 is 0 Å². The third-order valence-corrected chi connectivity index (χ3v) is 4.98. The lowest BCUT2D eigenvalue weighted by Gasteiger charge is -2.45. The number of non-ortho nitro benzene ring substituents is 1. The van der Waals surface area contributed by atoms with E-state index in [-0.39, 0.29) is 28.5 Å². The average Bonchev–Trinajstić information content (AvgIpc) is 2.60. The first-order valence-corrected chi connectivity index (χ1v) is 8.42. The van der Waals surface area contributed by atoms with Crippen molar-refractivity contribution >= 4 is 17.3 Å². The van der Waals surface area contributed by atoms with Crippen LogP contribution in [-0.2, 0) is 16.0 Å². The number of methoxy groups -OCH3 is 1. The number of nitrogens with zero attached hydrogens (tertiary/aromatic N) is 2. The van der Waals surface area contributed by atoms with Crippen LogP contribution >= 0.6 is 0 Å². The van der Waals surface area contributed by atoms with E-state index in [1.807, 2.05) is 6.07 Å². The van der Waals surface area contributed by atoms with E-state index in [9.17, 15) is 14.9 Å². The van der Waals surface area contributed by atoms with E-state index in [2.05, 4.69) is 10.2 Å². The molecule has 1 N–H and O–H groups in total. The van der Waals surface area contributed by atoms with Crippen molar-refractivity contribution in [2.75, 3.05) is 31.7 Å². The van der Waals surface area contributed by atoms with Gasteiger partial charge in [0.1, 0.15) is 0 Å². The van der Waals surface area contributed by atoms with Gasteiger partial charge < -0.3 is 15.0 Å². The molecule has 0 saturated carbocycles. The maximum absolute atomic E-state index is 12.6. The average molecular weight is 333 g/mol. The molecule has 1 aromatic carbocycles. The van der Waals surface area contributed by atoms with E-state index >= 15 is 0 Å². The van der Waals surface area contributed by atoms with Crippen LogP contribution in [0.1, 0.15) is 24.8 Å². The SMILES string of the molecule is COCCNC(=O)[C@H]1Cc2cc([N+](=O)[O-])ccc2N2CCCC[C@H]12. The van der Waals surface area contributed by atoms with Gasteiger partial charge in [-0.05, 0) is 37.3 Å². The van der Waals surface area contributed by atoms with Crippen molar-refractivity contribution in [3.63, 3.8) is 0 Å². The molecule has 7 nitrogen and oxygen atoms in total. The first kappa shape index (κ1) is 16.7. The molecule has 2 aliphatic heterocycles. The van der Waals surface area contributed by atoms with Gasteiger partial charge in [-0.15, -0.1) is 0 Å². The van der Waals surface area contributed by atoms with Crippen molar-refractivity contribution in [1.82, 2.24) is 5.32 Å². The van der Waals surface area contributed by atoms with Crippen molar-refractivity contribution in [2.24, 2.45) is 5.92 Å². The Morgan fingerprint density at radius 2 is 2.29 bits per heavy atom. The quantitative estimate of drug-likeness (QED) is 0.505. The Hall–Kier alpha value is -2.15. The number of fused-ring (bicyclic) bond motifs is 3. The van der Waals surface area contributed by atoms with Crippen LogP contribution in [0.4, 0.5) is 11.4 Å². The fourth-order valence-electron chi connectivity index (χ4n) is 3.85. The van der Waals surface area contributed by atoms with E-state index in [1.165, 1.54) is 0 Å². The zero-order valence-electron chi connectivity index (χ0n) is 13.9. The molecule has 24 heavy (non-hydrogen) atoms. The number of nitro groups is 1. The molecule has 0 spiro atoms. The Morgan fingerprint density at radius 3 is 3.04 bits per heavy atom. The van der Waals surface area contributed by atoms with Crippen LogP contribution in [-0.4, -0.2) is 43.7 Å². The maximum Gasteiger partial charge on any atom is 0.269 e. The number of piperidine rings is 1. The minimum atomic E-state index is -0.379. The van der Waals surface area contributed by atoms with Crippen molar-refractivity contribution < 1.29 is 14.5 Å². The Morgan fingerprint density at radius 1 is 1.46 bits per heavy atom. The van der Waals surface area contributed by atoms with Crippen molar-refractivity contribution in [1.29, 1.82) is 0 Å². The molecule has 0 aliphatic carbocycles.